The number of carbonyl (C=O) groups is 3. The van der Waals surface area contributed by atoms with Crippen molar-refractivity contribution in [2.75, 3.05) is 6.61 Å². The minimum atomic E-state index is -0.550. The van der Waals surface area contributed by atoms with Crippen LogP contribution >= 0.6 is 0 Å². The summed E-state index contributed by atoms with van der Waals surface area (Å²) >= 11 is 0. The van der Waals surface area contributed by atoms with Crippen LogP contribution in [0.4, 0.5) is 0 Å². The molecule has 5 nitrogen and oxygen atoms in total. The number of ether oxygens (including phenoxy) is 2. The Kier molecular flexibility index (Phi) is 3.65. The molecule has 0 amide bonds. The highest BCUT2D eigenvalue weighted by molar-refractivity contribution is 5.91. The molecule has 1 heterocycles. The van der Waals surface area contributed by atoms with Gasteiger partial charge in [0.25, 0.3) is 0 Å². The summed E-state index contributed by atoms with van der Waals surface area (Å²) in [6.45, 7) is 4.34. The molecule has 0 aromatic heterocycles. The Labute approximate surface area is 160 Å². The van der Waals surface area contributed by atoms with Crippen LogP contribution in [0.1, 0.15) is 71.6 Å². The molecule has 148 valence electrons. The van der Waals surface area contributed by atoms with Crippen LogP contribution in [0, 0.1) is 34.0 Å². The summed E-state index contributed by atoms with van der Waals surface area (Å²) in [4.78, 5) is 36.7. The highest BCUT2D eigenvalue weighted by atomic mass is 16.5. The summed E-state index contributed by atoms with van der Waals surface area (Å²) in [5.41, 5.74) is -0.635. The molecule has 7 unspecified atom stereocenters. The minimum Gasteiger partial charge on any atom is -0.465 e. The molecule has 0 aromatic rings. The van der Waals surface area contributed by atoms with E-state index in [1.54, 1.807) is 0 Å². The first-order valence-corrected chi connectivity index (χ1v) is 10.7. The van der Waals surface area contributed by atoms with Gasteiger partial charge in [-0.2, -0.15) is 0 Å². The first-order valence-electron chi connectivity index (χ1n) is 10.7. The SMILES string of the molecule is CC(=O)OC1CCC2C3CCC45CC(=O)CCC4(COC5=O)C3CCC12C. The summed E-state index contributed by atoms with van der Waals surface area (Å²) in [6, 6.07) is 0. The van der Waals surface area contributed by atoms with Gasteiger partial charge < -0.3 is 9.47 Å². The van der Waals surface area contributed by atoms with Crippen LogP contribution in [-0.2, 0) is 23.9 Å². The van der Waals surface area contributed by atoms with E-state index in [9.17, 15) is 14.4 Å². The molecule has 5 aliphatic rings. The number of rotatable bonds is 1. The van der Waals surface area contributed by atoms with Crippen LogP contribution in [-0.4, -0.2) is 30.4 Å². The number of hydrogen-bond acceptors (Lipinski definition) is 5. The van der Waals surface area contributed by atoms with Crippen LogP contribution < -0.4 is 0 Å². The molecule has 5 rings (SSSR count). The fraction of sp³-hybridized carbons (Fsp3) is 0.864. The number of carbonyl (C=O) groups excluding carboxylic acids is 3. The molecule has 27 heavy (non-hydrogen) atoms. The molecule has 0 N–H and O–H groups in total. The Morgan fingerprint density at radius 2 is 1.89 bits per heavy atom. The summed E-state index contributed by atoms with van der Waals surface area (Å²) in [5, 5.41) is 0. The maximum absolute atomic E-state index is 12.8. The maximum atomic E-state index is 12.8. The van der Waals surface area contributed by atoms with E-state index in [1.807, 2.05) is 0 Å². The molecule has 0 radical (unpaired) electrons. The van der Waals surface area contributed by atoms with Gasteiger partial charge in [-0.3, -0.25) is 14.4 Å². The van der Waals surface area contributed by atoms with Crippen LogP contribution in [0.5, 0.6) is 0 Å². The van der Waals surface area contributed by atoms with Crippen molar-refractivity contribution in [3.05, 3.63) is 0 Å². The molecule has 1 saturated heterocycles. The van der Waals surface area contributed by atoms with Gasteiger partial charge in [0, 0.05) is 30.6 Å². The van der Waals surface area contributed by atoms with E-state index >= 15 is 0 Å². The van der Waals surface area contributed by atoms with Crippen LogP contribution in [0.2, 0.25) is 0 Å². The lowest BCUT2D eigenvalue weighted by Gasteiger charge is -2.61. The van der Waals surface area contributed by atoms with E-state index in [0.717, 1.165) is 44.9 Å². The van der Waals surface area contributed by atoms with Crippen molar-refractivity contribution < 1.29 is 23.9 Å². The van der Waals surface area contributed by atoms with Crippen molar-refractivity contribution >= 4 is 17.7 Å². The second-order valence-corrected chi connectivity index (χ2v) is 10.2. The van der Waals surface area contributed by atoms with Gasteiger partial charge in [-0.15, -0.1) is 0 Å². The minimum absolute atomic E-state index is 0.0273. The third-order valence-electron chi connectivity index (χ3n) is 9.43. The molecule has 0 bridgehead atoms. The summed E-state index contributed by atoms with van der Waals surface area (Å²) < 4.78 is 11.4. The molecular formula is C22H30O5. The average Bonchev–Trinajstić information content (AvgIpc) is 3.10. The second-order valence-electron chi connectivity index (χ2n) is 10.2. The Morgan fingerprint density at radius 1 is 1.07 bits per heavy atom. The average molecular weight is 374 g/mol. The first-order chi connectivity index (χ1) is 12.8. The standard InChI is InChI=1S/C22H30O5/c1-13(23)27-18-4-3-16-15-6-10-21-11-14(24)5-9-22(21,12-26-19(21)25)17(15)7-8-20(16,18)2/h15-18H,3-12H2,1-2H3. The Morgan fingerprint density at radius 3 is 2.67 bits per heavy atom. The van der Waals surface area contributed by atoms with Crippen molar-refractivity contribution in [1.29, 1.82) is 0 Å². The van der Waals surface area contributed by atoms with Gasteiger partial charge in [0.1, 0.15) is 11.9 Å². The van der Waals surface area contributed by atoms with Crippen LogP contribution in [0.15, 0.2) is 0 Å². The van der Waals surface area contributed by atoms with Crippen molar-refractivity contribution in [1.82, 2.24) is 0 Å². The summed E-state index contributed by atoms with van der Waals surface area (Å²) in [6.07, 6.45) is 7.79. The topological polar surface area (TPSA) is 69.7 Å². The summed E-state index contributed by atoms with van der Waals surface area (Å²) in [5.74, 6) is 1.51. The lowest BCUT2D eigenvalue weighted by atomic mass is 9.40. The number of ketones is 1. The normalized spacial score (nSPS) is 50.9. The third kappa shape index (κ3) is 2.09. The number of Topliss-reactive ketones (excluding diaryl/α,β-unsaturated/α-hetero) is 1. The van der Waals surface area contributed by atoms with E-state index in [1.165, 1.54) is 6.92 Å². The largest absolute Gasteiger partial charge is 0.465 e. The number of cyclic esters (lactones) is 1. The van der Waals surface area contributed by atoms with Crippen molar-refractivity contribution in [2.45, 2.75) is 77.7 Å². The van der Waals surface area contributed by atoms with Crippen molar-refractivity contribution in [3.8, 4) is 0 Å². The maximum Gasteiger partial charge on any atom is 0.313 e. The Hall–Kier alpha value is -1.39. The monoisotopic (exact) mass is 374 g/mol. The van der Waals surface area contributed by atoms with Crippen molar-refractivity contribution in [2.24, 2.45) is 34.0 Å². The fourth-order valence-corrected chi connectivity index (χ4v) is 8.24. The Bertz CT molecular complexity index is 715. The molecule has 5 fully saturated rings. The van der Waals surface area contributed by atoms with E-state index < -0.39 is 5.41 Å². The first kappa shape index (κ1) is 17.7. The predicted molar refractivity (Wildman–Crippen MR) is 96.5 cm³/mol. The third-order valence-corrected chi connectivity index (χ3v) is 9.43. The van der Waals surface area contributed by atoms with Gasteiger partial charge in [-0.25, -0.2) is 0 Å². The van der Waals surface area contributed by atoms with E-state index in [-0.39, 0.29) is 34.7 Å². The van der Waals surface area contributed by atoms with Gasteiger partial charge in [-0.05, 0) is 62.7 Å². The fourth-order valence-electron chi connectivity index (χ4n) is 8.24. The zero-order valence-corrected chi connectivity index (χ0v) is 16.4. The quantitative estimate of drug-likeness (QED) is 0.658. The van der Waals surface area contributed by atoms with Crippen LogP contribution in [0.3, 0.4) is 0 Å². The molecule has 5 heteroatoms. The highest BCUT2D eigenvalue weighted by Gasteiger charge is 2.72. The van der Waals surface area contributed by atoms with Crippen LogP contribution in [0.25, 0.3) is 0 Å². The van der Waals surface area contributed by atoms with Gasteiger partial charge in [0.2, 0.25) is 0 Å². The number of fused-ring (bicyclic) bond motifs is 3. The smallest absolute Gasteiger partial charge is 0.313 e. The molecule has 0 aromatic carbocycles. The molecule has 1 aliphatic heterocycles. The van der Waals surface area contributed by atoms with Gasteiger partial charge in [-0.1, -0.05) is 6.92 Å². The van der Waals surface area contributed by atoms with Crippen molar-refractivity contribution in [3.63, 3.8) is 0 Å². The molecule has 7 atom stereocenters. The Balaban J connectivity index is 1.49. The molecule has 4 aliphatic carbocycles. The highest BCUT2D eigenvalue weighted by Crippen LogP contribution is 2.71. The predicted octanol–water partition coefficient (Wildman–Crippen LogP) is 3.44. The van der Waals surface area contributed by atoms with Gasteiger partial charge in [0.05, 0.1) is 12.0 Å². The number of esters is 2. The molecule has 4 saturated carbocycles. The molecule has 0 spiro atoms. The van der Waals surface area contributed by atoms with E-state index in [2.05, 4.69) is 6.92 Å². The zero-order chi connectivity index (χ0) is 19.0. The van der Waals surface area contributed by atoms with E-state index in [0.29, 0.717) is 37.2 Å². The second kappa shape index (κ2) is 5.57. The lowest BCUT2D eigenvalue weighted by Crippen LogP contribution is -2.60. The number of hydrogen-bond donors (Lipinski definition) is 0. The lowest BCUT2D eigenvalue weighted by molar-refractivity contribution is -0.176. The van der Waals surface area contributed by atoms with Gasteiger partial charge in [0.15, 0.2) is 0 Å². The zero-order valence-electron chi connectivity index (χ0n) is 16.4. The summed E-state index contributed by atoms with van der Waals surface area (Å²) in [7, 11) is 0. The van der Waals surface area contributed by atoms with E-state index in [4.69, 9.17) is 9.47 Å². The molecular weight excluding hydrogens is 344 g/mol. The van der Waals surface area contributed by atoms with Gasteiger partial charge >= 0.3 is 11.9 Å².